The highest BCUT2D eigenvalue weighted by molar-refractivity contribution is 7.91. The van der Waals surface area contributed by atoms with Crippen LogP contribution >= 0.6 is 11.3 Å². The number of sulfonamides is 1. The molecule has 0 unspecified atom stereocenters. The summed E-state index contributed by atoms with van der Waals surface area (Å²) < 4.78 is 28.2. The van der Waals surface area contributed by atoms with Crippen LogP contribution in [0, 0.1) is 0 Å². The quantitative estimate of drug-likeness (QED) is 0.502. The Hall–Kier alpha value is -2.48. The molecular weight excluding hydrogens is 416 g/mol. The van der Waals surface area contributed by atoms with Gasteiger partial charge in [0.25, 0.3) is 10.0 Å². The molecule has 30 heavy (non-hydrogen) atoms. The molecule has 5 nitrogen and oxygen atoms in total. The first-order valence-electron chi connectivity index (χ1n) is 9.88. The summed E-state index contributed by atoms with van der Waals surface area (Å²) in [5.41, 5.74) is 2.10. The van der Waals surface area contributed by atoms with E-state index in [0.717, 1.165) is 29.7 Å². The molecule has 1 heterocycles. The first kappa shape index (κ1) is 22.2. The number of thiophene rings is 1. The van der Waals surface area contributed by atoms with Crippen LogP contribution in [0.1, 0.15) is 24.5 Å². The first-order valence-corrected chi connectivity index (χ1v) is 12.2. The molecule has 158 valence electrons. The van der Waals surface area contributed by atoms with Gasteiger partial charge in [-0.05, 0) is 48.8 Å². The highest BCUT2D eigenvalue weighted by Crippen LogP contribution is 2.17. The van der Waals surface area contributed by atoms with Gasteiger partial charge in [-0.25, -0.2) is 8.42 Å². The fourth-order valence-electron chi connectivity index (χ4n) is 3.14. The maximum absolute atomic E-state index is 13.0. The SMILES string of the molecule is C[C@@H](CCc1ccccc1)NC(=O)[C@@H](Cc1ccccc1)NS(=O)(=O)c1cccs1. The van der Waals surface area contributed by atoms with Crippen LogP contribution in [-0.4, -0.2) is 26.4 Å². The van der Waals surface area contributed by atoms with E-state index < -0.39 is 16.1 Å². The molecule has 0 saturated carbocycles. The minimum absolute atomic E-state index is 0.0813. The smallest absolute Gasteiger partial charge is 0.250 e. The Balaban J connectivity index is 1.67. The lowest BCUT2D eigenvalue weighted by atomic mass is 10.0. The van der Waals surface area contributed by atoms with Crippen LogP contribution in [0.5, 0.6) is 0 Å². The van der Waals surface area contributed by atoms with Gasteiger partial charge in [0, 0.05) is 6.04 Å². The van der Waals surface area contributed by atoms with Gasteiger partial charge in [-0.2, -0.15) is 4.72 Å². The van der Waals surface area contributed by atoms with Gasteiger partial charge in [0.05, 0.1) is 0 Å². The fraction of sp³-hybridized carbons (Fsp3) is 0.261. The van der Waals surface area contributed by atoms with Crippen molar-refractivity contribution in [2.24, 2.45) is 0 Å². The number of nitrogens with one attached hydrogen (secondary N) is 2. The molecule has 0 saturated heterocycles. The molecule has 2 N–H and O–H groups in total. The Morgan fingerprint density at radius 1 is 0.933 bits per heavy atom. The number of benzene rings is 2. The third kappa shape index (κ3) is 6.52. The molecule has 0 aliphatic heterocycles. The summed E-state index contributed by atoms with van der Waals surface area (Å²) in [6, 6.07) is 21.7. The molecule has 7 heteroatoms. The minimum Gasteiger partial charge on any atom is -0.352 e. The van der Waals surface area contributed by atoms with Crippen molar-refractivity contribution in [3.05, 3.63) is 89.3 Å². The molecule has 0 radical (unpaired) electrons. The second kappa shape index (κ2) is 10.5. The molecule has 1 amide bonds. The van der Waals surface area contributed by atoms with Crippen LogP contribution < -0.4 is 10.0 Å². The van der Waals surface area contributed by atoms with E-state index in [4.69, 9.17) is 0 Å². The predicted molar refractivity (Wildman–Crippen MR) is 121 cm³/mol. The van der Waals surface area contributed by atoms with E-state index in [-0.39, 0.29) is 22.6 Å². The zero-order valence-corrected chi connectivity index (χ0v) is 18.5. The number of hydrogen-bond donors (Lipinski definition) is 2. The largest absolute Gasteiger partial charge is 0.352 e. The first-order chi connectivity index (χ1) is 14.4. The van der Waals surface area contributed by atoms with Crippen molar-refractivity contribution in [2.45, 2.75) is 42.5 Å². The van der Waals surface area contributed by atoms with E-state index in [9.17, 15) is 13.2 Å². The summed E-state index contributed by atoms with van der Waals surface area (Å²) in [5.74, 6) is -0.320. The van der Waals surface area contributed by atoms with Crippen molar-refractivity contribution in [3.8, 4) is 0 Å². The Kier molecular flexibility index (Phi) is 7.79. The number of hydrogen-bond acceptors (Lipinski definition) is 4. The Bertz CT molecular complexity index is 1020. The van der Waals surface area contributed by atoms with Crippen molar-refractivity contribution < 1.29 is 13.2 Å². The van der Waals surface area contributed by atoms with Crippen LogP contribution in [0.15, 0.2) is 82.4 Å². The maximum atomic E-state index is 13.0. The maximum Gasteiger partial charge on any atom is 0.250 e. The third-order valence-corrected chi connectivity index (χ3v) is 7.62. The lowest BCUT2D eigenvalue weighted by Crippen LogP contribution is -2.50. The predicted octanol–water partition coefficient (Wildman–Crippen LogP) is 3.78. The summed E-state index contributed by atoms with van der Waals surface area (Å²) in [5, 5.41) is 4.68. The van der Waals surface area contributed by atoms with Gasteiger partial charge in [-0.1, -0.05) is 66.7 Å². The second-order valence-electron chi connectivity index (χ2n) is 7.23. The van der Waals surface area contributed by atoms with Gasteiger partial charge in [0.1, 0.15) is 10.3 Å². The summed E-state index contributed by atoms with van der Waals surface area (Å²) in [6.45, 7) is 1.94. The fourth-order valence-corrected chi connectivity index (χ4v) is 5.35. The highest BCUT2D eigenvalue weighted by atomic mass is 32.2. The van der Waals surface area contributed by atoms with Crippen molar-refractivity contribution in [2.75, 3.05) is 0 Å². The molecule has 3 aromatic rings. The van der Waals surface area contributed by atoms with Crippen LogP contribution in [0.25, 0.3) is 0 Å². The topological polar surface area (TPSA) is 75.3 Å². The molecule has 3 rings (SSSR count). The van der Waals surface area contributed by atoms with E-state index in [1.54, 1.807) is 11.4 Å². The molecule has 2 aromatic carbocycles. The van der Waals surface area contributed by atoms with Crippen LogP contribution in [0.3, 0.4) is 0 Å². The van der Waals surface area contributed by atoms with E-state index >= 15 is 0 Å². The standard InChI is InChI=1S/C23H26N2O3S2/c1-18(14-15-19-9-4-2-5-10-19)24-23(26)21(17-20-11-6-3-7-12-20)25-30(27,28)22-13-8-16-29-22/h2-13,16,18,21,25H,14-15,17H2,1H3,(H,24,26)/t18-,21+/m0/s1. The molecule has 0 aliphatic carbocycles. The molecule has 0 aliphatic rings. The second-order valence-corrected chi connectivity index (χ2v) is 10.1. The van der Waals surface area contributed by atoms with Crippen molar-refractivity contribution in [3.63, 3.8) is 0 Å². The van der Waals surface area contributed by atoms with Crippen LogP contribution in [0.2, 0.25) is 0 Å². The van der Waals surface area contributed by atoms with E-state index in [1.807, 2.05) is 55.5 Å². The van der Waals surface area contributed by atoms with Gasteiger partial charge in [-0.15, -0.1) is 11.3 Å². The van der Waals surface area contributed by atoms with Crippen molar-refractivity contribution in [1.82, 2.24) is 10.0 Å². The molecule has 2 atom stereocenters. The summed E-state index contributed by atoms with van der Waals surface area (Å²) in [6.07, 6.45) is 1.89. The number of carbonyl (C=O) groups is 1. The van der Waals surface area contributed by atoms with E-state index in [0.29, 0.717) is 0 Å². The lowest BCUT2D eigenvalue weighted by molar-refractivity contribution is -0.123. The average molecular weight is 443 g/mol. The third-order valence-electron chi connectivity index (χ3n) is 4.75. The molecular formula is C23H26N2O3S2. The number of carbonyl (C=O) groups excluding carboxylic acids is 1. The van der Waals surface area contributed by atoms with Gasteiger partial charge < -0.3 is 5.32 Å². The highest BCUT2D eigenvalue weighted by Gasteiger charge is 2.27. The molecule has 0 fully saturated rings. The summed E-state index contributed by atoms with van der Waals surface area (Å²) in [4.78, 5) is 13.0. The number of amides is 1. The molecule has 1 aromatic heterocycles. The summed E-state index contributed by atoms with van der Waals surface area (Å²) in [7, 11) is -3.76. The zero-order valence-electron chi connectivity index (χ0n) is 16.8. The minimum atomic E-state index is -3.76. The summed E-state index contributed by atoms with van der Waals surface area (Å²) >= 11 is 1.13. The Labute approximate surface area is 182 Å². The van der Waals surface area contributed by atoms with Gasteiger partial charge >= 0.3 is 0 Å². The van der Waals surface area contributed by atoms with Gasteiger partial charge in [-0.3, -0.25) is 4.79 Å². The van der Waals surface area contributed by atoms with Gasteiger partial charge in [0.2, 0.25) is 5.91 Å². The van der Waals surface area contributed by atoms with E-state index in [1.165, 1.54) is 11.6 Å². The molecule has 0 bridgehead atoms. The zero-order chi connectivity index (χ0) is 21.4. The van der Waals surface area contributed by atoms with Crippen molar-refractivity contribution >= 4 is 27.3 Å². The Morgan fingerprint density at radius 3 is 2.17 bits per heavy atom. The van der Waals surface area contributed by atoms with Crippen LogP contribution in [0.4, 0.5) is 0 Å². The Morgan fingerprint density at radius 2 is 1.57 bits per heavy atom. The van der Waals surface area contributed by atoms with Gasteiger partial charge in [0.15, 0.2) is 0 Å². The lowest BCUT2D eigenvalue weighted by Gasteiger charge is -2.21. The monoisotopic (exact) mass is 442 g/mol. The average Bonchev–Trinajstić information content (AvgIpc) is 3.29. The molecule has 0 spiro atoms. The number of rotatable bonds is 10. The normalized spacial score (nSPS) is 13.5. The van der Waals surface area contributed by atoms with E-state index in [2.05, 4.69) is 22.2 Å². The van der Waals surface area contributed by atoms with Crippen molar-refractivity contribution in [1.29, 1.82) is 0 Å². The number of aryl methyl sites for hydroxylation is 1. The van der Waals surface area contributed by atoms with Crippen LogP contribution in [-0.2, 0) is 27.7 Å².